The molecule has 0 bridgehead atoms. The van der Waals surface area contributed by atoms with Crippen molar-refractivity contribution in [2.75, 3.05) is 0 Å². The molecule has 0 aliphatic heterocycles. The largest absolute Gasteiger partial charge is 0.469 e. The second kappa shape index (κ2) is 6.15. The van der Waals surface area contributed by atoms with Crippen LogP contribution in [0.1, 0.15) is 30.2 Å². The van der Waals surface area contributed by atoms with Crippen LogP contribution >= 0.6 is 15.9 Å². The molecule has 0 fully saturated rings. The minimum Gasteiger partial charge on any atom is -0.469 e. The van der Waals surface area contributed by atoms with E-state index in [9.17, 15) is 0 Å². The first-order chi connectivity index (χ1) is 9.70. The van der Waals surface area contributed by atoms with Crippen LogP contribution in [0.3, 0.4) is 0 Å². The zero-order chi connectivity index (χ0) is 13.9. The number of benzene rings is 1. The number of hydrogen-bond donors (Lipinski definition) is 1. The molecule has 106 valence electrons. The highest BCUT2D eigenvalue weighted by atomic mass is 79.9. The molecule has 1 aromatic carbocycles. The van der Waals surface area contributed by atoms with Gasteiger partial charge in [0.05, 0.1) is 6.26 Å². The molecule has 3 heteroatoms. The van der Waals surface area contributed by atoms with Gasteiger partial charge in [0, 0.05) is 23.0 Å². The maximum absolute atomic E-state index is 5.42. The highest BCUT2D eigenvalue weighted by molar-refractivity contribution is 9.10. The van der Waals surface area contributed by atoms with Crippen LogP contribution in [0.25, 0.3) is 0 Å². The molecule has 20 heavy (non-hydrogen) atoms. The summed E-state index contributed by atoms with van der Waals surface area (Å²) >= 11 is 3.55. The maximum Gasteiger partial charge on any atom is 0.105 e. The van der Waals surface area contributed by atoms with E-state index in [4.69, 9.17) is 4.42 Å². The van der Waals surface area contributed by atoms with Crippen molar-refractivity contribution >= 4 is 15.9 Å². The molecule has 1 heterocycles. The van der Waals surface area contributed by atoms with Gasteiger partial charge >= 0.3 is 0 Å². The van der Waals surface area contributed by atoms with Crippen molar-refractivity contribution in [1.82, 2.24) is 5.32 Å². The number of nitrogens with one attached hydrogen (secondary N) is 1. The smallest absolute Gasteiger partial charge is 0.105 e. The second-order valence-corrected chi connectivity index (χ2v) is 6.62. The predicted molar refractivity (Wildman–Crippen MR) is 85.0 cm³/mol. The molecule has 0 radical (unpaired) electrons. The van der Waals surface area contributed by atoms with Crippen LogP contribution in [0.2, 0.25) is 0 Å². The van der Waals surface area contributed by atoms with E-state index in [2.05, 4.69) is 46.4 Å². The third kappa shape index (κ3) is 3.33. The minimum absolute atomic E-state index is 0.447. The van der Waals surface area contributed by atoms with Gasteiger partial charge in [0.15, 0.2) is 0 Å². The first-order valence-electron chi connectivity index (χ1n) is 7.26. The number of hydrogen-bond acceptors (Lipinski definition) is 2. The lowest BCUT2D eigenvalue weighted by atomic mass is 9.88. The third-order valence-corrected chi connectivity index (χ3v) is 4.50. The summed E-state index contributed by atoms with van der Waals surface area (Å²) < 4.78 is 6.61. The average molecular weight is 334 g/mol. The predicted octanol–water partition coefficient (Wildman–Crippen LogP) is 4.12. The van der Waals surface area contributed by atoms with Crippen molar-refractivity contribution in [2.45, 2.75) is 44.7 Å². The molecule has 0 saturated heterocycles. The lowest BCUT2D eigenvalue weighted by Gasteiger charge is -2.28. The molecule has 1 N–H and O–H groups in total. The van der Waals surface area contributed by atoms with E-state index >= 15 is 0 Å². The zero-order valence-corrected chi connectivity index (χ0v) is 13.3. The number of halogens is 1. The number of furan rings is 1. The summed E-state index contributed by atoms with van der Waals surface area (Å²) in [6, 6.07) is 11.7. The van der Waals surface area contributed by atoms with E-state index in [1.54, 1.807) is 6.26 Å². The topological polar surface area (TPSA) is 25.2 Å². The van der Waals surface area contributed by atoms with Crippen molar-refractivity contribution in [3.05, 3.63) is 58.0 Å². The van der Waals surface area contributed by atoms with Crippen LogP contribution in [0, 0.1) is 0 Å². The molecular weight excluding hydrogens is 314 g/mol. The van der Waals surface area contributed by atoms with Crippen LogP contribution < -0.4 is 5.32 Å². The molecule has 2 unspecified atom stereocenters. The van der Waals surface area contributed by atoms with Gasteiger partial charge in [-0.25, -0.2) is 0 Å². The third-order valence-electron chi connectivity index (χ3n) is 4.00. The Morgan fingerprint density at radius 1 is 1.35 bits per heavy atom. The first-order valence-corrected chi connectivity index (χ1v) is 8.06. The lowest BCUT2D eigenvalue weighted by Crippen LogP contribution is -2.41. The molecule has 0 saturated carbocycles. The van der Waals surface area contributed by atoms with Gasteiger partial charge in [-0.2, -0.15) is 0 Å². The van der Waals surface area contributed by atoms with Gasteiger partial charge in [-0.1, -0.05) is 22.0 Å². The van der Waals surface area contributed by atoms with Gasteiger partial charge in [-0.15, -0.1) is 0 Å². The molecule has 2 nitrogen and oxygen atoms in total. The standard InChI is InChI=1S/C17H20BrNO/c1-12(9-17-3-2-8-20-17)19-16-7-5-13-10-15(18)6-4-14(13)11-16/h2-4,6,8,10,12,16,19H,5,7,9,11H2,1H3. The van der Waals surface area contributed by atoms with E-state index in [1.165, 1.54) is 28.4 Å². The SMILES string of the molecule is CC(Cc1ccco1)NC1CCc2cc(Br)ccc2C1. The van der Waals surface area contributed by atoms with E-state index in [1.807, 2.05) is 12.1 Å². The first kappa shape index (κ1) is 13.9. The van der Waals surface area contributed by atoms with Crippen LogP contribution in [0.4, 0.5) is 0 Å². The molecule has 1 aliphatic carbocycles. The monoisotopic (exact) mass is 333 g/mol. The van der Waals surface area contributed by atoms with Crippen LogP contribution in [0.15, 0.2) is 45.5 Å². The van der Waals surface area contributed by atoms with Gasteiger partial charge < -0.3 is 9.73 Å². The Morgan fingerprint density at radius 3 is 3.05 bits per heavy atom. The summed E-state index contributed by atoms with van der Waals surface area (Å²) in [6.45, 7) is 2.24. The van der Waals surface area contributed by atoms with E-state index in [0.29, 0.717) is 12.1 Å². The second-order valence-electron chi connectivity index (χ2n) is 5.70. The van der Waals surface area contributed by atoms with Crippen molar-refractivity contribution in [1.29, 1.82) is 0 Å². The Kier molecular flexibility index (Phi) is 4.27. The summed E-state index contributed by atoms with van der Waals surface area (Å²) in [5, 5.41) is 3.74. The average Bonchev–Trinajstić information content (AvgIpc) is 2.91. The molecule has 2 atom stereocenters. The van der Waals surface area contributed by atoms with Gasteiger partial charge in [-0.3, -0.25) is 0 Å². The number of aryl methyl sites for hydroxylation is 1. The summed E-state index contributed by atoms with van der Waals surface area (Å²) in [6.07, 6.45) is 6.21. The number of fused-ring (bicyclic) bond motifs is 1. The molecule has 1 aliphatic rings. The molecule has 1 aromatic heterocycles. The van der Waals surface area contributed by atoms with E-state index in [0.717, 1.165) is 18.6 Å². The van der Waals surface area contributed by atoms with Gasteiger partial charge in [-0.05, 0) is 61.6 Å². The van der Waals surface area contributed by atoms with Gasteiger partial charge in [0.25, 0.3) is 0 Å². The fourth-order valence-electron chi connectivity index (χ4n) is 3.06. The fourth-order valence-corrected chi connectivity index (χ4v) is 3.47. The van der Waals surface area contributed by atoms with Crippen molar-refractivity contribution in [3.63, 3.8) is 0 Å². The Hall–Kier alpha value is -1.06. The van der Waals surface area contributed by atoms with E-state index in [-0.39, 0.29) is 0 Å². The van der Waals surface area contributed by atoms with Crippen molar-refractivity contribution < 1.29 is 4.42 Å². The molecule has 0 spiro atoms. The normalized spacial score (nSPS) is 19.6. The van der Waals surface area contributed by atoms with E-state index < -0.39 is 0 Å². The Morgan fingerprint density at radius 2 is 2.25 bits per heavy atom. The summed E-state index contributed by atoms with van der Waals surface area (Å²) in [7, 11) is 0. The van der Waals surface area contributed by atoms with Crippen LogP contribution in [-0.2, 0) is 19.3 Å². The molecule has 2 aromatic rings. The van der Waals surface area contributed by atoms with Gasteiger partial charge in [0.1, 0.15) is 5.76 Å². The quantitative estimate of drug-likeness (QED) is 0.910. The Labute approximate surface area is 128 Å². The molecule has 0 amide bonds. The lowest BCUT2D eigenvalue weighted by molar-refractivity contribution is 0.385. The Balaban J connectivity index is 1.58. The van der Waals surface area contributed by atoms with Crippen molar-refractivity contribution in [3.8, 4) is 0 Å². The molecule has 3 rings (SSSR count). The Bertz CT molecular complexity index is 564. The fraction of sp³-hybridized carbons (Fsp3) is 0.412. The highest BCUT2D eigenvalue weighted by Gasteiger charge is 2.20. The maximum atomic E-state index is 5.42. The summed E-state index contributed by atoms with van der Waals surface area (Å²) in [5.41, 5.74) is 2.98. The number of rotatable bonds is 4. The highest BCUT2D eigenvalue weighted by Crippen LogP contribution is 2.25. The summed E-state index contributed by atoms with van der Waals surface area (Å²) in [5.74, 6) is 1.06. The zero-order valence-electron chi connectivity index (χ0n) is 11.7. The van der Waals surface area contributed by atoms with Crippen LogP contribution in [0.5, 0.6) is 0 Å². The van der Waals surface area contributed by atoms with Gasteiger partial charge in [0.2, 0.25) is 0 Å². The minimum atomic E-state index is 0.447. The van der Waals surface area contributed by atoms with Crippen LogP contribution in [-0.4, -0.2) is 12.1 Å². The summed E-state index contributed by atoms with van der Waals surface area (Å²) in [4.78, 5) is 0. The molecular formula is C17H20BrNO. The van der Waals surface area contributed by atoms with Crippen molar-refractivity contribution in [2.24, 2.45) is 0 Å².